The highest BCUT2D eigenvalue weighted by atomic mass is 31.1. The van der Waals surface area contributed by atoms with Gasteiger partial charge in [0.05, 0.1) is 13.3 Å². The van der Waals surface area contributed by atoms with Crippen molar-refractivity contribution in [2.45, 2.75) is 72.1 Å². The van der Waals surface area contributed by atoms with Gasteiger partial charge in [0.15, 0.2) is 0 Å². The van der Waals surface area contributed by atoms with Crippen LogP contribution >= 0.6 is 7.55 Å². The van der Waals surface area contributed by atoms with Crippen LogP contribution < -0.4 is 0 Å². The third-order valence-corrected chi connectivity index (χ3v) is 5.47. The van der Waals surface area contributed by atoms with E-state index in [1.54, 1.807) is 0 Å². The van der Waals surface area contributed by atoms with E-state index in [2.05, 4.69) is 26.6 Å². The minimum Gasteiger partial charge on any atom is -0.0654 e. The lowest BCUT2D eigenvalue weighted by Crippen LogP contribution is -1.88. The van der Waals surface area contributed by atoms with Crippen LogP contribution in [0.25, 0.3) is 0 Å². The van der Waals surface area contributed by atoms with E-state index in [0.29, 0.717) is 0 Å². The zero-order chi connectivity index (χ0) is 11.4. The van der Waals surface area contributed by atoms with Gasteiger partial charge in [-0.15, -0.1) is 0 Å². The summed E-state index contributed by atoms with van der Waals surface area (Å²) < 4.78 is 0. The van der Waals surface area contributed by atoms with Crippen LogP contribution in [0, 0.1) is 0 Å². The molecular weight excluding hydrogens is 199 g/mol. The van der Waals surface area contributed by atoms with Gasteiger partial charge in [0.2, 0.25) is 0 Å². The van der Waals surface area contributed by atoms with Gasteiger partial charge in [-0.25, -0.2) is 0 Å². The third kappa shape index (κ3) is 10.5. The summed E-state index contributed by atoms with van der Waals surface area (Å²) in [5, 5.41) is 0. The number of unbranched alkanes of at least 4 members (excludes halogenated alkanes) is 6. The zero-order valence-electron chi connectivity index (χ0n) is 11.1. The van der Waals surface area contributed by atoms with Crippen molar-refractivity contribution in [1.82, 2.24) is 0 Å². The molecule has 0 aromatic heterocycles. The van der Waals surface area contributed by atoms with Crippen LogP contribution in [0.3, 0.4) is 0 Å². The second kappa shape index (κ2) is 12.2. The van der Waals surface area contributed by atoms with Gasteiger partial charge >= 0.3 is 0 Å². The van der Waals surface area contributed by atoms with Gasteiger partial charge in [-0.2, -0.15) is 0 Å². The van der Waals surface area contributed by atoms with Crippen LogP contribution in [0.2, 0.25) is 0 Å². The molecule has 0 bridgehead atoms. The fourth-order valence-electron chi connectivity index (χ4n) is 1.85. The molecule has 0 saturated heterocycles. The Morgan fingerprint density at radius 2 is 1.20 bits per heavy atom. The molecule has 0 radical (unpaired) electrons. The van der Waals surface area contributed by atoms with E-state index < -0.39 is 0 Å². The first kappa shape index (κ1) is 15.2. The van der Waals surface area contributed by atoms with Crippen molar-refractivity contribution in [1.29, 1.82) is 0 Å². The molecule has 0 N–H and O–H groups in total. The molecule has 0 aliphatic carbocycles. The number of hydrogen-bond acceptors (Lipinski definition) is 0. The maximum absolute atomic E-state index is 2.49. The van der Waals surface area contributed by atoms with E-state index in [-0.39, 0.29) is 7.55 Å². The highest BCUT2D eigenvalue weighted by Crippen LogP contribution is 2.26. The van der Waals surface area contributed by atoms with E-state index in [0.717, 1.165) is 0 Å². The second-order valence-electron chi connectivity index (χ2n) is 4.42. The van der Waals surface area contributed by atoms with Gasteiger partial charge in [0.25, 0.3) is 0 Å². The van der Waals surface area contributed by atoms with Crippen molar-refractivity contribution < 1.29 is 0 Å². The summed E-state index contributed by atoms with van der Waals surface area (Å²) in [7, 11) is 0.283. The summed E-state index contributed by atoms with van der Waals surface area (Å²) in [5.74, 6) is 2.49. The molecule has 0 fully saturated rings. The number of rotatable bonds is 10. The Hall–Kier alpha value is 0.170. The molecule has 0 aromatic rings. The molecule has 0 saturated carbocycles. The summed E-state index contributed by atoms with van der Waals surface area (Å²) in [6, 6.07) is 0. The van der Waals surface area contributed by atoms with Crippen LogP contribution in [0.1, 0.15) is 72.1 Å². The van der Waals surface area contributed by atoms with Gasteiger partial charge in [0, 0.05) is 0 Å². The Morgan fingerprint density at radius 1 is 0.733 bits per heavy atom. The average molecular weight is 229 g/mol. The predicted molar refractivity (Wildman–Crippen MR) is 76.7 cm³/mol. The molecule has 0 aromatic carbocycles. The fourth-order valence-corrected chi connectivity index (χ4v) is 3.85. The second-order valence-corrected chi connectivity index (χ2v) is 7.00. The Labute approximate surface area is 98.2 Å². The standard InChI is InChI=1S/C14H30P/c1-4-7-9-11-13-15(6-3)14-12-10-8-5-2/h6H,4-5,7-14H2,1-3H3/q+1. The highest BCUT2D eigenvalue weighted by molar-refractivity contribution is 7.57. The first-order chi connectivity index (χ1) is 7.35. The lowest BCUT2D eigenvalue weighted by Gasteiger charge is -1.98. The van der Waals surface area contributed by atoms with Crippen LogP contribution in [-0.4, -0.2) is 18.1 Å². The smallest absolute Gasteiger partial charge is 0.0654 e. The van der Waals surface area contributed by atoms with Gasteiger partial charge in [-0.05, 0) is 32.6 Å². The minimum atomic E-state index is 0.283. The molecular formula is C14H30P+. The molecule has 0 unspecified atom stereocenters. The summed E-state index contributed by atoms with van der Waals surface area (Å²) in [6.45, 7) is 6.85. The van der Waals surface area contributed by atoms with Gasteiger partial charge in [0.1, 0.15) is 12.3 Å². The van der Waals surface area contributed by atoms with Crippen molar-refractivity contribution in [2.24, 2.45) is 0 Å². The van der Waals surface area contributed by atoms with Crippen molar-refractivity contribution in [3.63, 3.8) is 0 Å². The van der Waals surface area contributed by atoms with Crippen LogP contribution in [0.15, 0.2) is 0 Å². The van der Waals surface area contributed by atoms with E-state index in [1.165, 1.54) is 63.7 Å². The molecule has 0 rings (SSSR count). The SMILES string of the molecule is CC=[P+](CCCCCC)CCCCCC. The highest BCUT2D eigenvalue weighted by Gasteiger charge is 2.07. The number of hydrogen-bond donors (Lipinski definition) is 0. The van der Waals surface area contributed by atoms with Crippen molar-refractivity contribution in [3.05, 3.63) is 0 Å². The van der Waals surface area contributed by atoms with Gasteiger partial charge in [-0.3, -0.25) is 0 Å². The first-order valence-corrected chi connectivity index (χ1v) is 8.66. The van der Waals surface area contributed by atoms with Gasteiger partial charge < -0.3 is 0 Å². The lowest BCUT2D eigenvalue weighted by molar-refractivity contribution is 0.697. The van der Waals surface area contributed by atoms with Crippen LogP contribution in [-0.2, 0) is 0 Å². The maximum atomic E-state index is 2.49. The summed E-state index contributed by atoms with van der Waals surface area (Å²) in [5.41, 5.74) is 0. The van der Waals surface area contributed by atoms with Crippen LogP contribution in [0.5, 0.6) is 0 Å². The summed E-state index contributed by atoms with van der Waals surface area (Å²) >= 11 is 0. The molecule has 0 spiro atoms. The molecule has 1 heteroatoms. The quantitative estimate of drug-likeness (QED) is 0.345. The monoisotopic (exact) mass is 229 g/mol. The van der Waals surface area contributed by atoms with Crippen molar-refractivity contribution in [2.75, 3.05) is 12.3 Å². The van der Waals surface area contributed by atoms with Crippen molar-refractivity contribution >= 4 is 13.3 Å². The molecule has 0 aliphatic heterocycles. The van der Waals surface area contributed by atoms with Crippen LogP contribution in [0.4, 0.5) is 0 Å². The van der Waals surface area contributed by atoms with E-state index in [4.69, 9.17) is 0 Å². The molecule has 15 heavy (non-hydrogen) atoms. The zero-order valence-corrected chi connectivity index (χ0v) is 12.0. The Balaban J connectivity index is 3.39. The Kier molecular flexibility index (Phi) is 12.4. The predicted octanol–water partition coefficient (Wildman–Crippen LogP) is 5.45. The fraction of sp³-hybridized carbons (Fsp3) is 0.929. The third-order valence-electron chi connectivity index (χ3n) is 2.96. The minimum absolute atomic E-state index is 0.283. The van der Waals surface area contributed by atoms with E-state index in [1.807, 2.05) is 0 Å². The molecule has 0 amide bonds. The van der Waals surface area contributed by atoms with Crippen molar-refractivity contribution in [3.8, 4) is 0 Å². The first-order valence-electron chi connectivity index (χ1n) is 6.88. The summed E-state index contributed by atoms with van der Waals surface area (Å²) in [6.07, 6.45) is 14.4. The summed E-state index contributed by atoms with van der Waals surface area (Å²) in [4.78, 5) is 0. The molecule has 0 nitrogen and oxygen atoms in total. The molecule has 0 atom stereocenters. The average Bonchev–Trinajstić information content (AvgIpc) is 2.27. The van der Waals surface area contributed by atoms with E-state index >= 15 is 0 Å². The normalized spacial score (nSPS) is 10.3. The topological polar surface area (TPSA) is 0 Å². The van der Waals surface area contributed by atoms with E-state index in [9.17, 15) is 0 Å². The Morgan fingerprint density at radius 3 is 1.53 bits per heavy atom. The molecule has 0 aliphatic rings. The maximum Gasteiger partial charge on any atom is 0.106 e. The molecule has 90 valence electrons. The largest absolute Gasteiger partial charge is 0.106 e. The molecule has 0 heterocycles. The Bertz CT molecular complexity index is 135. The van der Waals surface area contributed by atoms with Gasteiger partial charge in [-0.1, -0.05) is 39.5 Å². The lowest BCUT2D eigenvalue weighted by atomic mass is 10.2.